The number of ketones is 1. The summed E-state index contributed by atoms with van der Waals surface area (Å²) in [6.07, 6.45) is 8.91. The molecule has 0 heterocycles. The minimum absolute atomic E-state index is 0.0508. The van der Waals surface area contributed by atoms with E-state index in [1.54, 1.807) is 12.2 Å². The molecular formula is C25H30O. The fraction of sp³-hybridized carbons (Fsp3) is 0.320. The Bertz CT molecular complexity index is 748. The van der Waals surface area contributed by atoms with E-state index in [4.69, 9.17) is 0 Å². The third-order valence-corrected chi connectivity index (χ3v) is 4.89. The van der Waals surface area contributed by atoms with Gasteiger partial charge >= 0.3 is 0 Å². The molecule has 2 rings (SSSR count). The molecule has 0 aliphatic carbocycles. The van der Waals surface area contributed by atoms with Gasteiger partial charge in [-0.15, -0.1) is 0 Å². The van der Waals surface area contributed by atoms with Crippen LogP contribution in [0.4, 0.5) is 0 Å². The molecule has 0 aliphatic heterocycles. The minimum Gasteiger partial charge on any atom is -0.290 e. The molecule has 26 heavy (non-hydrogen) atoms. The fourth-order valence-electron chi connectivity index (χ4n) is 3.71. The maximum atomic E-state index is 12.1. The lowest BCUT2D eigenvalue weighted by Crippen LogP contribution is -1.95. The second-order valence-electron chi connectivity index (χ2n) is 7.37. The van der Waals surface area contributed by atoms with E-state index in [-0.39, 0.29) is 5.78 Å². The van der Waals surface area contributed by atoms with Crippen molar-refractivity contribution in [1.82, 2.24) is 0 Å². The Balaban J connectivity index is 1.97. The smallest absolute Gasteiger partial charge is 0.178 e. The van der Waals surface area contributed by atoms with Gasteiger partial charge in [0.15, 0.2) is 5.78 Å². The van der Waals surface area contributed by atoms with Gasteiger partial charge < -0.3 is 0 Å². The van der Waals surface area contributed by atoms with Gasteiger partial charge in [0, 0.05) is 0 Å². The molecule has 0 atom stereocenters. The topological polar surface area (TPSA) is 17.1 Å². The summed E-state index contributed by atoms with van der Waals surface area (Å²) in [5.41, 5.74) is 10.4. The summed E-state index contributed by atoms with van der Waals surface area (Å²) in [6.45, 7) is 12.8. The van der Waals surface area contributed by atoms with Gasteiger partial charge in [-0.3, -0.25) is 4.79 Å². The second-order valence-corrected chi connectivity index (χ2v) is 7.37. The zero-order chi connectivity index (χ0) is 19.3. The van der Waals surface area contributed by atoms with Crippen LogP contribution >= 0.6 is 0 Å². The van der Waals surface area contributed by atoms with Crippen LogP contribution in [0.3, 0.4) is 0 Å². The van der Waals surface area contributed by atoms with Crippen LogP contribution in [0.2, 0.25) is 0 Å². The molecule has 2 aromatic carbocycles. The Hall–Kier alpha value is -2.41. The molecule has 2 aromatic rings. The van der Waals surface area contributed by atoms with E-state index in [1.165, 1.54) is 44.5 Å². The standard InChI is InChI=1S/C25H30O/c1-17-13-19(3)24(20(4)14-17)11-7-9-23(26)10-8-12-25-21(5)15-18(2)16-22(25)6/h7-10,13-16H,11-12H2,1-6H3. The van der Waals surface area contributed by atoms with Gasteiger partial charge in [0.1, 0.15) is 0 Å². The van der Waals surface area contributed by atoms with Crippen molar-refractivity contribution in [2.75, 3.05) is 0 Å². The van der Waals surface area contributed by atoms with E-state index < -0.39 is 0 Å². The number of hydrogen-bond acceptors (Lipinski definition) is 1. The van der Waals surface area contributed by atoms with E-state index in [9.17, 15) is 4.79 Å². The first-order valence-corrected chi connectivity index (χ1v) is 9.28. The van der Waals surface area contributed by atoms with Crippen LogP contribution in [-0.4, -0.2) is 5.78 Å². The van der Waals surface area contributed by atoms with E-state index in [0.717, 1.165) is 12.8 Å². The number of aryl methyl sites for hydroxylation is 6. The fourth-order valence-corrected chi connectivity index (χ4v) is 3.71. The zero-order valence-electron chi connectivity index (χ0n) is 16.9. The molecule has 136 valence electrons. The summed E-state index contributed by atoms with van der Waals surface area (Å²) >= 11 is 0. The Morgan fingerprint density at radius 3 is 1.27 bits per heavy atom. The molecular weight excluding hydrogens is 316 g/mol. The lowest BCUT2D eigenvalue weighted by Gasteiger charge is -2.09. The lowest BCUT2D eigenvalue weighted by atomic mass is 9.97. The number of carbonyl (C=O) groups excluding carboxylic acids is 1. The molecule has 0 bridgehead atoms. The largest absolute Gasteiger partial charge is 0.290 e. The van der Waals surface area contributed by atoms with Gasteiger partial charge in [0.05, 0.1) is 0 Å². The number of allylic oxidation sites excluding steroid dienone is 4. The number of hydrogen-bond donors (Lipinski definition) is 0. The van der Waals surface area contributed by atoms with Crippen molar-refractivity contribution in [3.8, 4) is 0 Å². The van der Waals surface area contributed by atoms with Crippen molar-refractivity contribution in [3.05, 3.63) is 93.1 Å². The number of benzene rings is 2. The Labute approximate surface area is 158 Å². The Morgan fingerprint density at radius 2 is 0.962 bits per heavy atom. The van der Waals surface area contributed by atoms with Crippen LogP contribution < -0.4 is 0 Å². The Kier molecular flexibility index (Phi) is 6.74. The van der Waals surface area contributed by atoms with Crippen molar-refractivity contribution < 1.29 is 4.79 Å². The van der Waals surface area contributed by atoms with Crippen LogP contribution in [0.5, 0.6) is 0 Å². The second kappa shape index (κ2) is 8.80. The van der Waals surface area contributed by atoms with Crippen molar-refractivity contribution in [3.63, 3.8) is 0 Å². The highest BCUT2D eigenvalue weighted by atomic mass is 16.1. The van der Waals surface area contributed by atoms with Gasteiger partial charge in [0.2, 0.25) is 0 Å². The third-order valence-electron chi connectivity index (χ3n) is 4.89. The van der Waals surface area contributed by atoms with E-state index in [0.29, 0.717) is 0 Å². The highest BCUT2D eigenvalue weighted by Crippen LogP contribution is 2.18. The first-order valence-electron chi connectivity index (χ1n) is 9.28. The Morgan fingerprint density at radius 1 is 0.654 bits per heavy atom. The summed E-state index contributed by atoms with van der Waals surface area (Å²) in [7, 11) is 0. The molecule has 0 radical (unpaired) electrons. The summed E-state index contributed by atoms with van der Waals surface area (Å²) < 4.78 is 0. The highest BCUT2D eigenvalue weighted by Gasteiger charge is 2.03. The van der Waals surface area contributed by atoms with Gasteiger partial charge in [-0.05, 0) is 99.9 Å². The normalized spacial score (nSPS) is 11.6. The van der Waals surface area contributed by atoms with Crippen LogP contribution in [0.1, 0.15) is 44.5 Å². The molecule has 0 saturated carbocycles. The monoisotopic (exact) mass is 346 g/mol. The predicted molar refractivity (Wildman–Crippen MR) is 112 cm³/mol. The summed E-state index contributed by atoms with van der Waals surface area (Å²) in [6, 6.07) is 8.79. The molecule has 1 heteroatoms. The van der Waals surface area contributed by atoms with Crippen LogP contribution in [0.15, 0.2) is 48.6 Å². The average molecular weight is 347 g/mol. The van der Waals surface area contributed by atoms with Crippen LogP contribution in [0, 0.1) is 41.5 Å². The molecule has 0 spiro atoms. The van der Waals surface area contributed by atoms with E-state index in [1.807, 2.05) is 12.2 Å². The molecule has 0 amide bonds. The molecule has 1 nitrogen and oxygen atoms in total. The van der Waals surface area contributed by atoms with E-state index >= 15 is 0 Å². The number of rotatable bonds is 6. The maximum Gasteiger partial charge on any atom is 0.178 e. The van der Waals surface area contributed by atoms with Gasteiger partial charge in [-0.2, -0.15) is 0 Å². The first-order chi connectivity index (χ1) is 12.3. The minimum atomic E-state index is 0.0508. The maximum absolute atomic E-state index is 12.1. The lowest BCUT2D eigenvalue weighted by molar-refractivity contribution is -0.110. The molecule has 0 aliphatic rings. The summed E-state index contributed by atoms with van der Waals surface area (Å²) in [4.78, 5) is 12.1. The summed E-state index contributed by atoms with van der Waals surface area (Å²) in [5.74, 6) is 0.0508. The van der Waals surface area contributed by atoms with E-state index in [2.05, 4.69) is 65.8 Å². The van der Waals surface area contributed by atoms with Crippen molar-refractivity contribution >= 4 is 5.78 Å². The first kappa shape index (κ1) is 19.9. The van der Waals surface area contributed by atoms with Gasteiger partial charge in [-0.1, -0.05) is 47.5 Å². The zero-order valence-corrected chi connectivity index (χ0v) is 16.9. The van der Waals surface area contributed by atoms with Crippen LogP contribution in [0.25, 0.3) is 0 Å². The summed E-state index contributed by atoms with van der Waals surface area (Å²) in [5, 5.41) is 0. The average Bonchev–Trinajstić information content (AvgIpc) is 2.52. The number of carbonyl (C=O) groups is 1. The molecule has 0 unspecified atom stereocenters. The van der Waals surface area contributed by atoms with Gasteiger partial charge in [-0.25, -0.2) is 0 Å². The van der Waals surface area contributed by atoms with Crippen molar-refractivity contribution in [1.29, 1.82) is 0 Å². The quantitative estimate of drug-likeness (QED) is 0.586. The van der Waals surface area contributed by atoms with Crippen molar-refractivity contribution in [2.24, 2.45) is 0 Å². The molecule has 0 N–H and O–H groups in total. The highest BCUT2D eigenvalue weighted by molar-refractivity contribution is 5.99. The van der Waals surface area contributed by atoms with Crippen LogP contribution in [-0.2, 0) is 17.6 Å². The van der Waals surface area contributed by atoms with Gasteiger partial charge in [0.25, 0.3) is 0 Å². The molecule has 0 saturated heterocycles. The molecule has 0 aromatic heterocycles. The molecule has 0 fully saturated rings. The SMILES string of the molecule is Cc1cc(C)c(CC=CC(=O)C=CCc2c(C)cc(C)cc2C)c(C)c1. The third kappa shape index (κ3) is 5.29. The predicted octanol–water partition coefficient (Wildman–Crippen LogP) is 6.00. The van der Waals surface area contributed by atoms with Crippen molar-refractivity contribution in [2.45, 2.75) is 54.4 Å².